The normalized spacial score (nSPS) is 11.2. The molecule has 3 rings (SSSR count). The van der Waals surface area contributed by atoms with E-state index >= 15 is 0 Å². The first-order chi connectivity index (χ1) is 14.4. The molecule has 0 fully saturated rings. The zero-order chi connectivity index (χ0) is 21.7. The van der Waals surface area contributed by atoms with Crippen LogP contribution in [0.5, 0.6) is 0 Å². The predicted molar refractivity (Wildman–Crippen MR) is 117 cm³/mol. The van der Waals surface area contributed by atoms with E-state index in [-0.39, 0.29) is 17.5 Å². The minimum absolute atomic E-state index is 0.0323. The van der Waals surface area contributed by atoms with Gasteiger partial charge in [0.2, 0.25) is 11.1 Å². The van der Waals surface area contributed by atoms with Crippen LogP contribution in [0.4, 0.5) is 4.39 Å². The van der Waals surface area contributed by atoms with Crippen molar-refractivity contribution in [1.82, 2.24) is 24.5 Å². The number of halogens is 1. The van der Waals surface area contributed by atoms with Crippen molar-refractivity contribution in [3.8, 4) is 0 Å². The second-order valence-corrected chi connectivity index (χ2v) is 8.24. The van der Waals surface area contributed by atoms with Crippen LogP contribution < -0.4 is 0 Å². The second kappa shape index (κ2) is 10.0. The lowest BCUT2D eigenvalue weighted by atomic mass is 10.1. The summed E-state index contributed by atoms with van der Waals surface area (Å²) in [4.78, 5) is 23.5. The van der Waals surface area contributed by atoms with E-state index in [4.69, 9.17) is 0 Å². The molecule has 6 nitrogen and oxygen atoms in total. The van der Waals surface area contributed by atoms with Crippen molar-refractivity contribution in [1.29, 1.82) is 0 Å². The van der Waals surface area contributed by atoms with Crippen LogP contribution in [0.2, 0.25) is 0 Å². The third-order valence-electron chi connectivity index (χ3n) is 5.13. The third kappa shape index (κ3) is 5.16. The van der Waals surface area contributed by atoms with E-state index in [9.17, 15) is 9.18 Å². The molecule has 0 N–H and O–H groups in total. The molecule has 0 saturated heterocycles. The summed E-state index contributed by atoms with van der Waals surface area (Å²) in [5.74, 6) is 0.457. The van der Waals surface area contributed by atoms with Gasteiger partial charge in [0.25, 0.3) is 5.78 Å². The first kappa shape index (κ1) is 22.2. The van der Waals surface area contributed by atoms with Gasteiger partial charge in [-0.3, -0.25) is 4.79 Å². The van der Waals surface area contributed by atoms with Gasteiger partial charge < -0.3 is 4.90 Å². The molecule has 1 amide bonds. The third-order valence-corrected chi connectivity index (χ3v) is 5.95. The van der Waals surface area contributed by atoms with Crippen LogP contribution in [-0.2, 0) is 17.8 Å². The zero-order valence-electron chi connectivity index (χ0n) is 18.0. The van der Waals surface area contributed by atoms with Crippen LogP contribution in [0.25, 0.3) is 5.78 Å². The van der Waals surface area contributed by atoms with Crippen molar-refractivity contribution >= 4 is 23.4 Å². The Labute approximate surface area is 180 Å². The Morgan fingerprint density at radius 2 is 2.03 bits per heavy atom. The number of nitrogens with zero attached hydrogens (tertiary/aromatic N) is 5. The first-order valence-corrected chi connectivity index (χ1v) is 11.3. The summed E-state index contributed by atoms with van der Waals surface area (Å²) in [5.41, 5.74) is 4.03. The molecule has 0 bridgehead atoms. The summed E-state index contributed by atoms with van der Waals surface area (Å²) in [7, 11) is 0. The predicted octanol–water partition coefficient (Wildman–Crippen LogP) is 4.36. The number of amides is 1. The van der Waals surface area contributed by atoms with Gasteiger partial charge in [-0.1, -0.05) is 37.2 Å². The number of thioether (sulfide) groups is 1. The molecule has 1 aromatic carbocycles. The van der Waals surface area contributed by atoms with E-state index < -0.39 is 0 Å². The van der Waals surface area contributed by atoms with Gasteiger partial charge >= 0.3 is 0 Å². The van der Waals surface area contributed by atoms with Gasteiger partial charge in [0.15, 0.2) is 0 Å². The topological polar surface area (TPSA) is 63.4 Å². The van der Waals surface area contributed by atoms with Crippen molar-refractivity contribution in [2.75, 3.05) is 12.3 Å². The molecule has 30 heavy (non-hydrogen) atoms. The highest BCUT2D eigenvalue weighted by Crippen LogP contribution is 2.20. The molecule has 0 aliphatic rings. The fourth-order valence-corrected chi connectivity index (χ4v) is 4.14. The largest absolute Gasteiger partial charge is 0.338 e. The number of unbranched alkanes of at least 4 members (excludes halogenated alkanes) is 1. The van der Waals surface area contributed by atoms with Crippen molar-refractivity contribution in [3.63, 3.8) is 0 Å². The molecule has 2 aromatic heterocycles. The average Bonchev–Trinajstić information content (AvgIpc) is 3.13. The number of benzene rings is 1. The number of rotatable bonds is 9. The van der Waals surface area contributed by atoms with Crippen LogP contribution in [0.15, 0.2) is 29.4 Å². The summed E-state index contributed by atoms with van der Waals surface area (Å²) < 4.78 is 15.2. The minimum atomic E-state index is -0.296. The van der Waals surface area contributed by atoms with Crippen molar-refractivity contribution in [3.05, 3.63) is 52.6 Å². The van der Waals surface area contributed by atoms with E-state index in [2.05, 4.69) is 22.0 Å². The van der Waals surface area contributed by atoms with E-state index in [1.165, 1.54) is 29.5 Å². The maximum absolute atomic E-state index is 13.4. The lowest BCUT2D eigenvalue weighted by Gasteiger charge is -2.20. The number of fused-ring (bicyclic) bond motifs is 1. The summed E-state index contributed by atoms with van der Waals surface area (Å²) in [6.07, 6.45) is 3.21. The lowest BCUT2D eigenvalue weighted by molar-refractivity contribution is -0.128. The van der Waals surface area contributed by atoms with Gasteiger partial charge in [0.05, 0.1) is 5.75 Å². The number of aromatic nitrogens is 4. The lowest BCUT2D eigenvalue weighted by Crippen LogP contribution is -2.31. The van der Waals surface area contributed by atoms with Gasteiger partial charge in [0, 0.05) is 24.5 Å². The molecular weight excluding hydrogens is 401 g/mol. The van der Waals surface area contributed by atoms with Crippen LogP contribution in [0.1, 0.15) is 49.2 Å². The number of carbonyl (C=O) groups excluding carboxylic acids is 1. The van der Waals surface area contributed by atoms with Gasteiger partial charge in [-0.2, -0.15) is 4.98 Å². The monoisotopic (exact) mass is 429 g/mol. The van der Waals surface area contributed by atoms with Crippen LogP contribution >= 0.6 is 11.8 Å². The van der Waals surface area contributed by atoms with E-state index in [0.29, 0.717) is 24.0 Å². The number of hydrogen-bond donors (Lipinski definition) is 0. The van der Waals surface area contributed by atoms with Crippen molar-refractivity contribution in [2.45, 2.75) is 58.7 Å². The zero-order valence-corrected chi connectivity index (χ0v) is 18.8. The summed E-state index contributed by atoms with van der Waals surface area (Å²) in [5, 5.41) is 5.10. The van der Waals surface area contributed by atoms with Gasteiger partial charge in [0.1, 0.15) is 5.82 Å². The van der Waals surface area contributed by atoms with Crippen LogP contribution in [0.3, 0.4) is 0 Å². The van der Waals surface area contributed by atoms with E-state index in [1.807, 2.05) is 26.8 Å². The smallest absolute Gasteiger partial charge is 0.253 e. The summed E-state index contributed by atoms with van der Waals surface area (Å²) in [6, 6.07) is 6.34. The van der Waals surface area contributed by atoms with Crippen molar-refractivity contribution < 1.29 is 9.18 Å². The molecule has 3 aromatic rings. The Kier molecular flexibility index (Phi) is 7.42. The number of hydrogen-bond acceptors (Lipinski definition) is 5. The Morgan fingerprint density at radius 1 is 1.23 bits per heavy atom. The highest BCUT2D eigenvalue weighted by molar-refractivity contribution is 7.99. The van der Waals surface area contributed by atoms with Gasteiger partial charge in [-0.25, -0.2) is 13.9 Å². The van der Waals surface area contributed by atoms with E-state index in [0.717, 1.165) is 36.2 Å². The molecule has 0 unspecified atom stereocenters. The van der Waals surface area contributed by atoms with Gasteiger partial charge in [-0.05, 0) is 56.9 Å². The molecule has 2 heterocycles. The Bertz CT molecular complexity index is 1040. The van der Waals surface area contributed by atoms with Gasteiger partial charge in [-0.15, -0.1) is 5.10 Å². The number of carbonyl (C=O) groups is 1. The Hall–Kier alpha value is -2.48. The molecule has 0 saturated carbocycles. The fourth-order valence-electron chi connectivity index (χ4n) is 3.42. The summed E-state index contributed by atoms with van der Waals surface area (Å²) in [6.45, 7) is 9.07. The average molecular weight is 430 g/mol. The van der Waals surface area contributed by atoms with Crippen LogP contribution in [-0.4, -0.2) is 42.7 Å². The summed E-state index contributed by atoms with van der Waals surface area (Å²) >= 11 is 1.30. The Morgan fingerprint density at radius 3 is 2.73 bits per heavy atom. The van der Waals surface area contributed by atoms with Crippen LogP contribution in [0, 0.1) is 19.7 Å². The minimum Gasteiger partial charge on any atom is -0.338 e. The SMILES string of the molecule is CCCCc1c(C)nc2nc(SCC(=O)N(CC)Cc3cccc(F)c3)nn2c1C. The highest BCUT2D eigenvalue weighted by atomic mass is 32.2. The molecule has 8 heteroatoms. The molecular formula is C22H28FN5OS. The first-order valence-electron chi connectivity index (χ1n) is 10.3. The molecule has 0 radical (unpaired) electrons. The molecule has 0 aliphatic carbocycles. The van der Waals surface area contributed by atoms with E-state index in [1.54, 1.807) is 15.5 Å². The molecule has 0 aliphatic heterocycles. The maximum Gasteiger partial charge on any atom is 0.253 e. The maximum atomic E-state index is 13.4. The standard InChI is InChI=1S/C22H28FN5OS/c1-5-7-11-19-15(3)24-21-25-22(26-28(21)16(19)4)30-14-20(29)27(6-2)13-17-9-8-10-18(23)12-17/h8-10,12H,5-7,11,13-14H2,1-4H3. The second-order valence-electron chi connectivity index (χ2n) is 7.30. The number of aryl methyl sites for hydroxylation is 2. The molecule has 160 valence electrons. The Balaban J connectivity index is 1.69. The van der Waals surface area contributed by atoms with Crippen molar-refractivity contribution in [2.24, 2.45) is 0 Å². The molecule has 0 atom stereocenters. The highest BCUT2D eigenvalue weighted by Gasteiger charge is 2.17. The quantitative estimate of drug-likeness (QED) is 0.473. The fraction of sp³-hybridized carbons (Fsp3) is 0.455. The molecule has 0 spiro atoms.